The molecule has 0 aliphatic carbocycles. The van der Waals surface area contributed by atoms with Crippen LogP contribution in [0.5, 0.6) is 0 Å². The lowest BCUT2D eigenvalue weighted by molar-refractivity contribution is 0.0827. The van der Waals surface area contributed by atoms with Crippen molar-refractivity contribution < 1.29 is 9.59 Å². The second kappa shape index (κ2) is 8.87. The lowest BCUT2D eigenvalue weighted by atomic mass is 10.1. The maximum atomic E-state index is 12.6. The van der Waals surface area contributed by atoms with Crippen LogP contribution in [0.15, 0.2) is 59.9 Å². The Morgan fingerprint density at radius 2 is 1.83 bits per heavy atom. The van der Waals surface area contributed by atoms with Crippen LogP contribution in [0.3, 0.4) is 0 Å². The van der Waals surface area contributed by atoms with Gasteiger partial charge >= 0.3 is 0 Å². The fourth-order valence-corrected chi connectivity index (χ4v) is 3.27. The number of nitrogens with zero attached hydrogens (tertiary/aromatic N) is 2. The van der Waals surface area contributed by atoms with Crippen molar-refractivity contribution in [3.8, 4) is 0 Å². The predicted octanol–water partition coefficient (Wildman–Crippen LogP) is 2.88. The van der Waals surface area contributed by atoms with E-state index in [9.17, 15) is 14.4 Å². The van der Waals surface area contributed by atoms with Crippen LogP contribution in [0, 0.1) is 4.77 Å². The van der Waals surface area contributed by atoms with Crippen molar-refractivity contribution in [1.82, 2.24) is 19.8 Å². The lowest BCUT2D eigenvalue weighted by Crippen LogP contribution is -2.24. The second-order valence-electron chi connectivity index (χ2n) is 6.97. The topological polar surface area (TPSA) is 87.2 Å². The van der Waals surface area contributed by atoms with E-state index < -0.39 is 0 Å². The Hall–Kier alpha value is -3.52. The number of benzene rings is 2. The molecule has 7 nitrogen and oxygen atoms in total. The van der Waals surface area contributed by atoms with Crippen LogP contribution >= 0.6 is 12.2 Å². The van der Waals surface area contributed by atoms with Crippen LogP contribution in [-0.2, 0) is 13.1 Å². The SMILES string of the molecule is C=CCn1c(=S)[nH]c2cc(C(=O)NCc3ccc(C(=O)N(C)C)cc3)ccc2c1=O. The van der Waals surface area contributed by atoms with Crippen molar-refractivity contribution in [1.29, 1.82) is 0 Å². The van der Waals surface area contributed by atoms with Gasteiger partial charge in [-0.2, -0.15) is 0 Å². The summed E-state index contributed by atoms with van der Waals surface area (Å²) in [5.41, 5.74) is 2.14. The van der Waals surface area contributed by atoms with E-state index in [2.05, 4.69) is 16.9 Å². The molecule has 0 fully saturated rings. The van der Waals surface area contributed by atoms with Gasteiger partial charge in [-0.05, 0) is 48.1 Å². The van der Waals surface area contributed by atoms with Gasteiger partial charge in [0.1, 0.15) is 0 Å². The molecule has 0 aliphatic rings. The highest BCUT2D eigenvalue weighted by atomic mass is 32.1. The number of carbonyl (C=O) groups excluding carboxylic acids is 2. The minimum Gasteiger partial charge on any atom is -0.348 e. The van der Waals surface area contributed by atoms with Gasteiger partial charge in [-0.3, -0.25) is 19.0 Å². The zero-order chi connectivity index (χ0) is 21.8. The van der Waals surface area contributed by atoms with Crippen molar-refractivity contribution in [3.05, 3.63) is 86.9 Å². The number of aromatic amines is 1. The number of amides is 2. The van der Waals surface area contributed by atoms with Gasteiger partial charge in [0, 0.05) is 38.3 Å². The fraction of sp³-hybridized carbons (Fsp3) is 0.182. The Morgan fingerprint density at radius 1 is 1.17 bits per heavy atom. The molecule has 154 valence electrons. The molecule has 0 unspecified atom stereocenters. The van der Waals surface area contributed by atoms with Gasteiger partial charge in [0.15, 0.2) is 4.77 Å². The summed E-state index contributed by atoms with van der Waals surface area (Å²) in [7, 11) is 3.39. The summed E-state index contributed by atoms with van der Waals surface area (Å²) in [5, 5.41) is 3.29. The molecule has 0 saturated carbocycles. The number of allylic oxidation sites excluding steroid dienone is 1. The molecule has 0 radical (unpaired) electrons. The summed E-state index contributed by atoms with van der Waals surface area (Å²) in [5.74, 6) is -0.355. The smallest absolute Gasteiger partial charge is 0.262 e. The molecule has 2 amide bonds. The van der Waals surface area contributed by atoms with E-state index in [1.807, 2.05) is 0 Å². The number of H-pyrrole nitrogens is 1. The molecule has 8 heteroatoms. The van der Waals surface area contributed by atoms with Crippen LogP contribution in [0.1, 0.15) is 26.3 Å². The Kier molecular flexibility index (Phi) is 6.27. The third kappa shape index (κ3) is 4.38. The molecule has 0 bridgehead atoms. The van der Waals surface area contributed by atoms with Crippen LogP contribution in [0.25, 0.3) is 10.9 Å². The standard InChI is InChI=1S/C22H22N4O3S/c1-4-11-26-21(29)17-10-9-16(12-18(17)24-22(26)30)19(27)23-13-14-5-7-15(8-6-14)20(28)25(2)3/h4-10,12H,1,11,13H2,2-3H3,(H,23,27)(H,24,30). The van der Waals surface area contributed by atoms with Crippen molar-refractivity contribution in [2.24, 2.45) is 0 Å². The zero-order valence-electron chi connectivity index (χ0n) is 16.8. The second-order valence-corrected chi connectivity index (χ2v) is 7.36. The molecule has 0 atom stereocenters. The Labute approximate surface area is 178 Å². The Balaban J connectivity index is 1.76. The first-order valence-corrected chi connectivity index (χ1v) is 9.69. The van der Waals surface area contributed by atoms with E-state index in [0.717, 1.165) is 5.56 Å². The number of hydrogen-bond acceptors (Lipinski definition) is 4. The number of hydrogen-bond donors (Lipinski definition) is 2. The van der Waals surface area contributed by atoms with E-state index >= 15 is 0 Å². The van der Waals surface area contributed by atoms with Gasteiger partial charge in [-0.1, -0.05) is 18.2 Å². The Morgan fingerprint density at radius 3 is 2.47 bits per heavy atom. The molecule has 3 rings (SSSR count). The monoisotopic (exact) mass is 422 g/mol. The highest BCUT2D eigenvalue weighted by Crippen LogP contribution is 2.12. The number of rotatable bonds is 6. The predicted molar refractivity (Wildman–Crippen MR) is 119 cm³/mol. The number of fused-ring (bicyclic) bond motifs is 1. The summed E-state index contributed by atoms with van der Waals surface area (Å²) in [4.78, 5) is 41.5. The van der Waals surface area contributed by atoms with E-state index in [1.165, 1.54) is 9.47 Å². The molecule has 2 aromatic carbocycles. The van der Waals surface area contributed by atoms with E-state index in [0.29, 0.717) is 35.1 Å². The highest BCUT2D eigenvalue weighted by Gasteiger charge is 2.11. The molecule has 2 N–H and O–H groups in total. The number of nitrogens with one attached hydrogen (secondary N) is 2. The molecule has 0 saturated heterocycles. The van der Waals surface area contributed by atoms with Gasteiger partial charge in [0.05, 0.1) is 10.9 Å². The van der Waals surface area contributed by atoms with E-state index in [1.54, 1.807) is 62.6 Å². The van der Waals surface area contributed by atoms with Crippen LogP contribution in [0.2, 0.25) is 0 Å². The van der Waals surface area contributed by atoms with Crippen LogP contribution < -0.4 is 10.9 Å². The van der Waals surface area contributed by atoms with Gasteiger partial charge in [-0.15, -0.1) is 6.58 Å². The first-order valence-electron chi connectivity index (χ1n) is 9.28. The van der Waals surface area contributed by atoms with Gasteiger partial charge < -0.3 is 15.2 Å². The van der Waals surface area contributed by atoms with Crippen molar-refractivity contribution >= 4 is 34.9 Å². The largest absolute Gasteiger partial charge is 0.348 e. The Bertz CT molecular complexity index is 1240. The average molecular weight is 423 g/mol. The molecule has 30 heavy (non-hydrogen) atoms. The maximum Gasteiger partial charge on any atom is 0.262 e. The maximum absolute atomic E-state index is 12.6. The fourth-order valence-electron chi connectivity index (χ4n) is 3.00. The van der Waals surface area contributed by atoms with Gasteiger partial charge in [0.2, 0.25) is 0 Å². The number of carbonyl (C=O) groups is 2. The summed E-state index contributed by atoms with van der Waals surface area (Å²) >= 11 is 5.23. The molecule has 0 aliphatic heterocycles. The third-order valence-corrected chi connectivity index (χ3v) is 4.94. The highest BCUT2D eigenvalue weighted by molar-refractivity contribution is 7.71. The van der Waals surface area contributed by atoms with Crippen LogP contribution in [0.4, 0.5) is 0 Å². The minimum absolute atomic E-state index is 0.0775. The van der Waals surface area contributed by atoms with Crippen molar-refractivity contribution in [3.63, 3.8) is 0 Å². The first kappa shape index (κ1) is 21.2. The van der Waals surface area contributed by atoms with Crippen LogP contribution in [-0.4, -0.2) is 40.4 Å². The molecular formula is C22H22N4O3S. The quantitative estimate of drug-likeness (QED) is 0.472. The summed E-state index contributed by atoms with van der Waals surface area (Å²) in [6.45, 7) is 4.25. The molecular weight excluding hydrogens is 400 g/mol. The normalized spacial score (nSPS) is 10.6. The van der Waals surface area contributed by atoms with E-state index in [-0.39, 0.29) is 22.1 Å². The van der Waals surface area contributed by atoms with E-state index in [4.69, 9.17) is 12.2 Å². The molecule has 3 aromatic rings. The lowest BCUT2D eigenvalue weighted by Gasteiger charge is -2.11. The van der Waals surface area contributed by atoms with Crippen molar-refractivity contribution in [2.75, 3.05) is 14.1 Å². The average Bonchev–Trinajstić information content (AvgIpc) is 2.74. The first-order chi connectivity index (χ1) is 14.3. The van der Waals surface area contributed by atoms with Gasteiger partial charge in [-0.25, -0.2) is 0 Å². The molecule has 1 aromatic heterocycles. The molecule has 1 heterocycles. The minimum atomic E-state index is -0.278. The third-order valence-electron chi connectivity index (χ3n) is 4.62. The summed E-state index contributed by atoms with van der Waals surface area (Å²) < 4.78 is 1.69. The zero-order valence-corrected chi connectivity index (χ0v) is 17.6. The van der Waals surface area contributed by atoms with Crippen molar-refractivity contribution in [2.45, 2.75) is 13.1 Å². The molecule has 0 spiro atoms. The summed E-state index contributed by atoms with van der Waals surface area (Å²) in [6.07, 6.45) is 1.60. The summed E-state index contributed by atoms with van der Waals surface area (Å²) in [6, 6.07) is 11.9. The number of aromatic nitrogens is 2. The van der Waals surface area contributed by atoms with Gasteiger partial charge in [0.25, 0.3) is 17.4 Å².